The molecule has 1 aliphatic rings. The van der Waals surface area contributed by atoms with E-state index in [1.807, 2.05) is 24.0 Å². The Morgan fingerprint density at radius 3 is 2.79 bits per heavy atom. The zero-order chi connectivity index (χ0) is 9.97. The van der Waals surface area contributed by atoms with Crippen LogP contribution in [-0.4, -0.2) is 28.9 Å². The highest BCUT2D eigenvalue weighted by Crippen LogP contribution is 2.11. The molecule has 0 aliphatic carbocycles. The van der Waals surface area contributed by atoms with E-state index in [1.54, 1.807) is 6.20 Å². The molecule has 0 bridgehead atoms. The molecule has 0 atom stereocenters. The van der Waals surface area contributed by atoms with Crippen molar-refractivity contribution < 1.29 is 4.79 Å². The Morgan fingerprint density at radius 1 is 1.43 bits per heavy atom. The first-order chi connectivity index (χ1) is 6.77. The van der Waals surface area contributed by atoms with Gasteiger partial charge in [0.2, 0.25) is 0 Å². The van der Waals surface area contributed by atoms with Crippen molar-refractivity contribution in [2.75, 3.05) is 13.1 Å². The molecule has 2 rings (SSSR count). The quantitative estimate of drug-likeness (QED) is 0.674. The molecule has 2 heterocycles. The van der Waals surface area contributed by atoms with Crippen molar-refractivity contribution in [2.45, 2.75) is 19.8 Å². The predicted molar refractivity (Wildman–Crippen MR) is 54.1 cm³/mol. The maximum Gasteiger partial charge on any atom is 0.272 e. The zero-order valence-electron chi connectivity index (χ0n) is 8.36. The summed E-state index contributed by atoms with van der Waals surface area (Å²) in [6.45, 7) is 3.74. The summed E-state index contributed by atoms with van der Waals surface area (Å²) in [5.74, 6) is 0.0752. The molecule has 1 aromatic rings. The number of rotatable bonds is 1. The SMILES string of the molecule is Cc1ccnc(C(=O)N2CCCC2)c1. The van der Waals surface area contributed by atoms with Gasteiger partial charge in [-0.05, 0) is 37.5 Å². The third kappa shape index (κ3) is 1.76. The van der Waals surface area contributed by atoms with E-state index in [9.17, 15) is 4.79 Å². The van der Waals surface area contributed by atoms with Gasteiger partial charge < -0.3 is 4.90 Å². The molecular formula is C11H14N2O. The van der Waals surface area contributed by atoms with Crippen molar-refractivity contribution in [3.05, 3.63) is 29.6 Å². The summed E-state index contributed by atoms with van der Waals surface area (Å²) in [6, 6.07) is 3.75. The maximum absolute atomic E-state index is 11.9. The Balaban J connectivity index is 2.17. The molecule has 0 aromatic carbocycles. The fourth-order valence-corrected chi connectivity index (χ4v) is 1.74. The molecule has 0 radical (unpaired) electrons. The summed E-state index contributed by atoms with van der Waals surface area (Å²) in [5, 5.41) is 0. The standard InChI is InChI=1S/C11H14N2O/c1-9-4-5-12-10(8-9)11(14)13-6-2-3-7-13/h4-5,8H,2-3,6-7H2,1H3. The van der Waals surface area contributed by atoms with Crippen LogP contribution in [0.25, 0.3) is 0 Å². The molecule has 14 heavy (non-hydrogen) atoms. The van der Waals surface area contributed by atoms with Gasteiger partial charge in [0, 0.05) is 19.3 Å². The second kappa shape index (κ2) is 3.78. The Labute approximate surface area is 83.8 Å². The Hall–Kier alpha value is -1.38. The van der Waals surface area contributed by atoms with Crippen LogP contribution in [0.3, 0.4) is 0 Å². The van der Waals surface area contributed by atoms with E-state index < -0.39 is 0 Å². The summed E-state index contributed by atoms with van der Waals surface area (Å²) < 4.78 is 0. The summed E-state index contributed by atoms with van der Waals surface area (Å²) in [4.78, 5) is 17.8. The van der Waals surface area contributed by atoms with Gasteiger partial charge in [-0.1, -0.05) is 0 Å². The van der Waals surface area contributed by atoms with Crippen LogP contribution in [-0.2, 0) is 0 Å². The van der Waals surface area contributed by atoms with Crippen LogP contribution < -0.4 is 0 Å². The smallest absolute Gasteiger partial charge is 0.272 e. The van der Waals surface area contributed by atoms with Crippen molar-refractivity contribution in [3.8, 4) is 0 Å². The van der Waals surface area contributed by atoms with Crippen LogP contribution in [0.2, 0.25) is 0 Å². The van der Waals surface area contributed by atoms with Gasteiger partial charge in [0.05, 0.1) is 0 Å². The summed E-state index contributed by atoms with van der Waals surface area (Å²) in [7, 11) is 0. The lowest BCUT2D eigenvalue weighted by atomic mass is 10.2. The van der Waals surface area contributed by atoms with E-state index >= 15 is 0 Å². The predicted octanol–water partition coefficient (Wildman–Crippen LogP) is 1.63. The molecular weight excluding hydrogens is 176 g/mol. The van der Waals surface area contributed by atoms with E-state index in [2.05, 4.69) is 4.98 Å². The minimum atomic E-state index is 0.0752. The minimum absolute atomic E-state index is 0.0752. The average Bonchev–Trinajstić information content (AvgIpc) is 2.69. The van der Waals surface area contributed by atoms with Crippen LogP contribution in [0.1, 0.15) is 28.9 Å². The fraction of sp³-hybridized carbons (Fsp3) is 0.455. The van der Waals surface area contributed by atoms with Crippen molar-refractivity contribution in [3.63, 3.8) is 0 Å². The third-order valence-corrected chi connectivity index (χ3v) is 2.53. The van der Waals surface area contributed by atoms with Gasteiger partial charge in [0.25, 0.3) is 5.91 Å². The Kier molecular flexibility index (Phi) is 2.48. The number of likely N-dealkylation sites (tertiary alicyclic amines) is 1. The fourth-order valence-electron chi connectivity index (χ4n) is 1.74. The van der Waals surface area contributed by atoms with E-state index in [1.165, 1.54) is 0 Å². The molecule has 1 amide bonds. The Morgan fingerprint density at radius 2 is 2.14 bits per heavy atom. The number of pyridine rings is 1. The van der Waals surface area contributed by atoms with Crippen molar-refractivity contribution in [1.82, 2.24) is 9.88 Å². The number of carbonyl (C=O) groups excluding carboxylic acids is 1. The van der Waals surface area contributed by atoms with Crippen LogP contribution in [0, 0.1) is 6.92 Å². The number of aromatic nitrogens is 1. The number of aryl methyl sites for hydroxylation is 1. The molecule has 1 aliphatic heterocycles. The van der Waals surface area contributed by atoms with Gasteiger partial charge in [-0.25, -0.2) is 0 Å². The molecule has 1 aromatic heterocycles. The van der Waals surface area contributed by atoms with Gasteiger partial charge in [0.1, 0.15) is 5.69 Å². The molecule has 0 unspecified atom stereocenters. The first kappa shape index (κ1) is 9.19. The number of amides is 1. The van der Waals surface area contributed by atoms with Gasteiger partial charge in [-0.2, -0.15) is 0 Å². The summed E-state index contributed by atoms with van der Waals surface area (Å²) in [6.07, 6.45) is 3.94. The van der Waals surface area contributed by atoms with Crippen LogP contribution >= 0.6 is 0 Å². The van der Waals surface area contributed by atoms with Crippen LogP contribution in [0.5, 0.6) is 0 Å². The molecule has 0 N–H and O–H groups in total. The van der Waals surface area contributed by atoms with Gasteiger partial charge in [-0.3, -0.25) is 9.78 Å². The third-order valence-electron chi connectivity index (χ3n) is 2.53. The molecule has 1 saturated heterocycles. The number of nitrogens with zero attached hydrogens (tertiary/aromatic N) is 2. The van der Waals surface area contributed by atoms with E-state index in [-0.39, 0.29) is 5.91 Å². The molecule has 74 valence electrons. The molecule has 0 saturated carbocycles. The lowest BCUT2D eigenvalue weighted by Crippen LogP contribution is -2.28. The van der Waals surface area contributed by atoms with Crippen LogP contribution in [0.4, 0.5) is 0 Å². The summed E-state index contributed by atoms with van der Waals surface area (Å²) >= 11 is 0. The number of hydrogen-bond donors (Lipinski definition) is 0. The number of hydrogen-bond acceptors (Lipinski definition) is 2. The van der Waals surface area contributed by atoms with Crippen molar-refractivity contribution in [1.29, 1.82) is 0 Å². The van der Waals surface area contributed by atoms with E-state index in [4.69, 9.17) is 0 Å². The largest absolute Gasteiger partial charge is 0.337 e. The topological polar surface area (TPSA) is 33.2 Å². The van der Waals surface area contributed by atoms with Gasteiger partial charge >= 0.3 is 0 Å². The molecule has 3 heteroatoms. The summed E-state index contributed by atoms with van der Waals surface area (Å²) in [5.41, 5.74) is 1.66. The highest BCUT2D eigenvalue weighted by Gasteiger charge is 2.20. The second-order valence-electron chi connectivity index (χ2n) is 3.72. The zero-order valence-corrected chi connectivity index (χ0v) is 8.36. The Bertz CT molecular complexity index is 343. The highest BCUT2D eigenvalue weighted by atomic mass is 16.2. The highest BCUT2D eigenvalue weighted by molar-refractivity contribution is 5.92. The molecule has 0 spiro atoms. The lowest BCUT2D eigenvalue weighted by molar-refractivity contribution is 0.0787. The number of carbonyl (C=O) groups is 1. The van der Waals surface area contributed by atoms with Gasteiger partial charge in [0.15, 0.2) is 0 Å². The molecule has 1 fully saturated rings. The minimum Gasteiger partial charge on any atom is -0.337 e. The first-order valence-electron chi connectivity index (χ1n) is 4.99. The van der Waals surface area contributed by atoms with E-state index in [0.29, 0.717) is 5.69 Å². The monoisotopic (exact) mass is 190 g/mol. The molecule has 3 nitrogen and oxygen atoms in total. The van der Waals surface area contributed by atoms with Crippen molar-refractivity contribution in [2.24, 2.45) is 0 Å². The second-order valence-corrected chi connectivity index (χ2v) is 3.72. The van der Waals surface area contributed by atoms with Crippen molar-refractivity contribution >= 4 is 5.91 Å². The van der Waals surface area contributed by atoms with E-state index in [0.717, 1.165) is 31.5 Å². The first-order valence-corrected chi connectivity index (χ1v) is 4.99. The normalized spacial score (nSPS) is 15.9. The van der Waals surface area contributed by atoms with Crippen LogP contribution in [0.15, 0.2) is 18.3 Å². The average molecular weight is 190 g/mol. The van der Waals surface area contributed by atoms with Gasteiger partial charge in [-0.15, -0.1) is 0 Å². The lowest BCUT2D eigenvalue weighted by Gasteiger charge is -2.14. The maximum atomic E-state index is 11.9.